The van der Waals surface area contributed by atoms with Crippen molar-refractivity contribution in [3.63, 3.8) is 0 Å². The Morgan fingerprint density at radius 2 is 2.17 bits per heavy atom. The molecule has 1 aromatic rings. The standard InChI is InChI=1S/C15H26N2O/c1-2-3-5-12-7-9-13(10-8-12)15(17-16)14-6-4-11-18-14/h4,6,11-13,15,17H,2-3,5,7-10,16H2,1H3. The lowest BCUT2D eigenvalue weighted by Gasteiger charge is -2.32. The third-order valence-electron chi connectivity index (χ3n) is 4.36. The van der Waals surface area contributed by atoms with Gasteiger partial charge in [0.2, 0.25) is 0 Å². The van der Waals surface area contributed by atoms with Gasteiger partial charge in [0.25, 0.3) is 0 Å². The predicted molar refractivity (Wildman–Crippen MR) is 73.7 cm³/mol. The summed E-state index contributed by atoms with van der Waals surface area (Å²) in [4.78, 5) is 0. The average molecular weight is 250 g/mol. The number of hydrogen-bond donors (Lipinski definition) is 2. The fourth-order valence-corrected chi connectivity index (χ4v) is 3.22. The Bertz CT molecular complexity index is 315. The maximum atomic E-state index is 5.70. The Morgan fingerprint density at radius 3 is 2.72 bits per heavy atom. The molecule has 0 radical (unpaired) electrons. The number of unbranched alkanes of at least 4 members (excludes halogenated alkanes) is 1. The topological polar surface area (TPSA) is 51.2 Å². The van der Waals surface area contributed by atoms with Gasteiger partial charge < -0.3 is 4.42 Å². The Labute approximate surface area is 110 Å². The van der Waals surface area contributed by atoms with Gasteiger partial charge in [0, 0.05) is 0 Å². The second-order valence-electron chi connectivity index (χ2n) is 5.58. The molecule has 18 heavy (non-hydrogen) atoms. The highest BCUT2D eigenvalue weighted by molar-refractivity contribution is 5.06. The molecule has 1 fully saturated rings. The third-order valence-corrected chi connectivity index (χ3v) is 4.36. The second kappa shape index (κ2) is 6.95. The summed E-state index contributed by atoms with van der Waals surface area (Å²) in [5.74, 6) is 8.25. The SMILES string of the molecule is CCCCC1CCC(C(NN)c2ccco2)CC1. The first kappa shape index (κ1) is 13.6. The number of hydrazine groups is 1. The van der Waals surface area contributed by atoms with Gasteiger partial charge >= 0.3 is 0 Å². The van der Waals surface area contributed by atoms with E-state index in [2.05, 4.69) is 12.3 Å². The van der Waals surface area contributed by atoms with Crippen molar-refractivity contribution >= 4 is 0 Å². The third kappa shape index (κ3) is 3.36. The first-order valence-corrected chi connectivity index (χ1v) is 7.34. The maximum absolute atomic E-state index is 5.70. The van der Waals surface area contributed by atoms with Crippen molar-refractivity contribution in [2.75, 3.05) is 0 Å². The van der Waals surface area contributed by atoms with Gasteiger partial charge in [-0.05, 0) is 36.8 Å². The van der Waals surface area contributed by atoms with Crippen molar-refractivity contribution in [1.29, 1.82) is 0 Å². The van der Waals surface area contributed by atoms with Crippen LogP contribution in [0.4, 0.5) is 0 Å². The summed E-state index contributed by atoms with van der Waals surface area (Å²) in [5, 5.41) is 0. The smallest absolute Gasteiger partial charge is 0.122 e. The molecule has 1 aliphatic rings. The highest BCUT2D eigenvalue weighted by Crippen LogP contribution is 2.38. The lowest BCUT2D eigenvalue weighted by Crippen LogP contribution is -2.35. The van der Waals surface area contributed by atoms with Crippen molar-refractivity contribution in [1.82, 2.24) is 5.43 Å². The predicted octanol–water partition coefficient (Wildman–Crippen LogP) is 3.78. The highest BCUT2D eigenvalue weighted by atomic mass is 16.3. The van der Waals surface area contributed by atoms with Gasteiger partial charge in [0.1, 0.15) is 5.76 Å². The van der Waals surface area contributed by atoms with E-state index in [1.807, 2.05) is 12.1 Å². The second-order valence-corrected chi connectivity index (χ2v) is 5.58. The molecule has 1 saturated carbocycles. The summed E-state index contributed by atoms with van der Waals surface area (Å²) in [7, 11) is 0. The summed E-state index contributed by atoms with van der Waals surface area (Å²) in [6.07, 6.45) is 11.1. The van der Waals surface area contributed by atoms with Crippen molar-refractivity contribution in [3.8, 4) is 0 Å². The molecule has 1 aliphatic carbocycles. The van der Waals surface area contributed by atoms with E-state index in [4.69, 9.17) is 10.3 Å². The molecule has 3 nitrogen and oxygen atoms in total. The lowest BCUT2D eigenvalue weighted by molar-refractivity contribution is 0.198. The van der Waals surface area contributed by atoms with Crippen LogP contribution in [0.25, 0.3) is 0 Å². The molecule has 1 heterocycles. The Hall–Kier alpha value is -0.800. The molecule has 0 saturated heterocycles. The summed E-state index contributed by atoms with van der Waals surface area (Å²) in [5.41, 5.74) is 2.94. The maximum Gasteiger partial charge on any atom is 0.122 e. The van der Waals surface area contributed by atoms with E-state index in [0.29, 0.717) is 5.92 Å². The van der Waals surface area contributed by atoms with Crippen molar-refractivity contribution in [2.24, 2.45) is 17.7 Å². The number of furan rings is 1. The van der Waals surface area contributed by atoms with Crippen LogP contribution in [-0.4, -0.2) is 0 Å². The Balaban J connectivity index is 1.84. The number of rotatable bonds is 6. The normalized spacial score (nSPS) is 26.1. The van der Waals surface area contributed by atoms with E-state index in [9.17, 15) is 0 Å². The van der Waals surface area contributed by atoms with Crippen LogP contribution in [0.5, 0.6) is 0 Å². The molecule has 3 heteroatoms. The van der Waals surface area contributed by atoms with E-state index < -0.39 is 0 Å². The molecule has 1 aromatic heterocycles. The van der Waals surface area contributed by atoms with Gasteiger partial charge in [-0.3, -0.25) is 5.84 Å². The van der Waals surface area contributed by atoms with Crippen LogP contribution in [0.15, 0.2) is 22.8 Å². The molecule has 0 spiro atoms. The zero-order valence-corrected chi connectivity index (χ0v) is 11.4. The lowest BCUT2D eigenvalue weighted by atomic mass is 9.76. The van der Waals surface area contributed by atoms with Gasteiger partial charge in [0.15, 0.2) is 0 Å². The van der Waals surface area contributed by atoms with Gasteiger partial charge in [-0.1, -0.05) is 39.0 Å². The Morgan fingerprint density at radius 1 is 1.39 bits per heavy atom. The molecule has 1 unspecified atom stereocenters. The number of hydrogen-bond acceptors (Lipinski definition) is 3. The van der Waals surface area contributed by atoms with Crippen LogP contribution in [0, 0.1) is 11.8 Å². The van der Waals surface area contributed by atoms with Gasteiger partial charge in [0.05, 0.1) is 12.3 Å². The molecular formula is C15H26N2O. The van der Waals surface area contributed by atoms with E-state index in [1.165, 1.54) is 44.9 Å². The van der Waals surface area contributed by atoms with E-state index in [0.717, 1.165) is 11.7 Å². The fourth-order valence-electron chi connectivity index (χ4n) is 3.22. The van der Waals surface area contributed by atoms with Crippen LogP contribution < -0.4 is 11.3 Å². The number of nitrogens with two attached hydrogens (primary N) is 1. The first-order chi connectivity index (χ1) is 8.85. The van der Waals surface area contributed by atoms with Gasteiger partial charge in [-0.2, -0.15) is 0 Å². The summed E-state index contributed by atoms with van der Waals surface area (Å²) < 4.78 is 5.49. The fraction of sp³-hybridized carbons (Fsp3) is 0.733. The molecule has 0 aliphatic heterocycles. The molecule has 102 valence electrons. The quantitative estimate of drug-likeness (QED) is 0.596. The van der Waals surface area contributed by atoms with Crippen molar-refractivity contribution < 1.29 is 4.42 Å². The van der Waals surface area contributed by atoms with E-state index in [1.54, 1.807) is 6.26 Å². The van der Waals surface area contributed by atoms with E-state index >= 15 is 0 Å². The summed E-state index contributed by atoms with van der Waals surface area (Å²) >= 11 is 0. The van der Waals surface area contributed by atoms with Gasteiger partial charge in [-0.15, -0.1) is 0 Å². The molecule has 3 N–H and O–H groups in total. The zero-order chi connectivity index (χ0) is 12.8. The van der Waals surface area contributed by atoms with Crippen molar-refractivity contribution in [2.45, 2.75) is 57.9 Å². The molecule has 0 bridgehead atoms. The van der Waals surface area contributed by atoms with Gasteiger partial charge in [-0.25, -0.2) is 5.43 Å². The minimum absolute atomic E-state index is 0.187. The minimum atomic E-state index is 0.187. The largest absolute Gasteiger partial charge is 0.468 e. The minimum Gasteiger partial charge on any atom is -0.468 e. The van der Waals surface area contributed by atoms with Crippen LogP contribution in [-0.2, 0) is 0 Å². The van der Waals surface area contributed by atoms with Crippen LogP contribution >= 0.6 is 0 Å². The summed E-state index contributed by atoms with van der Waals surface area (Å²) in [6, 6.07) is 4.15. The van der Waals surface area contributed by atoms with Crippen LogP contribution in [0.1, 0.15) is 63.7 Å². The molecule has 1 atom stereocenters. The molecule has 0 aromatic carbocycles. The highest BCUT2D eigenvalue weighted by Gasteiger charge is 2.29. The van der Waals surface area contributed by atoms with Crippen molar-refractivity contribution in [3.05, 3.63) is 24.2 Å². The molecule has 0 amide bonds. The molecular weight excluding hydrogens is 224 g/mol. The monoisotopic (exact) mass is 250 g/mol. The van der Waals surface area contributed by atoms with E-state index in [-0.39, 0.29) is 6.04 Å². The van der Waals surface area contributed by atoms with Crippen LogP contribution in [0.2, 0.25) is 0 Å². The first-order valence-electron chi connectivity index (χ1n) is 7.34. The zero-order valence-electron chi connectivity index (χ0n) is 11.4. The summed E-state index contributed by atoms with van der Waals surface area (Å²) in [6.45, 7) is 2.27. The Kier molecular flexibility index (Phi) is 5.26. The number of nitrogens with one attached hydrogen (secondary N) is 1. The van der Waals surface area contributed by atoms with Crippen LogP contribution in [0.3, 0.4) is 0 Å². The molecule has 2 rings (SSSR count). The average Bonchev–Trinajstić information content (AvgIpc) is 2.93.